The van der Waals surface area contributed by atoms with Crippen LogP contribution in [-0.4, -0.2) is 23.2 Å². The summed E-state index contributed by atoms with van der Waals surface area (Å²) in [5, 5.41) is 12.9. The molecule has 0 atom stereocenters. The number of nitro benzene ring substituents is 1. The molecule has 0 saturated carbocycles. The van der Waals surface area contributed by atoms with Crippen LogP contribution in [0.2, 0.25) is 0 Å². The van der Waals surface area contributed by atoms with Gasteiger partial charge in [0, 0.05) is 6.07 Å². The Morgan fingerprint density at radius 1 is 1.48 bits per heavy atom. The molecule has 0 aliphatic carbocycles. The van der Waals surface area contributed by atoms with Crippen LogP contribution >= 0.6 is 0 Å². The summed E-state index contributed by atoms with van der Waals surface area (Å²) >= 11 is 0. The van der Waals surface area contributed by atoms with E-state index in [2.05, 4.69) is 17.2 Å². The van der Waals surface area contributed by atoms with Gasteiger partial charge in [0.2, 0.25) is 5.82 Å². The van der Waals surface area contributed by atoms with Gasteiger partial charge in [-0.05, 0) is 26.8 Å². The van der Waals surface area contributed by atoms with E-state index in [9.17, 15) is 19.3 Å². The van der Waals surface area contributed by atoms with Gasteiger partial charge in [-0.3, -0.25) is 10.1 Å². The van der Waals surface area contributed by atoms with Crippen LogP contribution < -0.4 is 5.32 Å². The molecule has 0 saturated heterocycles. The number of nitrogens with one attached hydrogen (secondary N) is 1. The van der Waals surface area contributed by atoms with Crippen molar-refractivity contribution in [2.24, 2.45) is 0 Å². The predicted molar refractivity (Wildman–Crippen MR) is 74.2 cm³/mol. The van der Waals surface area contributed by atoms with Crippen LogP contribution in [0.1, 0.15) is 26.3 Å². The first-order valence-electron chi connectivity index (χ1n) is 6.09. The highest BCUT2D eigenvalue weighted by molar-refractivity contribution is 5.68. The molecule has 1 rings (SSSR count). The van der Waals surface area contributed by atoms with Gasteiger partial charge >= 0.3 is 11.8 Å². The number of nitrogens with zero attached hydrogens (tertiary/aromatic N) is 1. The molecule has 0 fully saturated rings. The number of rotatable bonds is 2. The summed E-state index contributed by atoms with van der Waals surface area (Å²) in [6, 6.07) is 3.72. The quantitative estimate of drug-likeness (QED) is 0.516. The van der Waals surface area contributed by atoms with Gasteiger partial charge < -0.3 is 10.1 Å². The highest BCUT2D eigenvalue weighted by atomic mass is 19.1. The molecule has 0 aliphatic rings. The van der Waals surface area contributed by atoms with E-state index in [1.165, 1.54) is 12.1 Å². The second-order valence-corrected chi connectivity index (χ2v) is 5.05. The van der Waals surface area contributed by atoms with Crippen molar-refractivity contribution in [3.63, 3.8) is 0 Å². The standard InChI is InChI=1S/C14H15FN2O4/c1-14(2,3)21-13(18)16-9-5-7-10-6-4-8-11(12(10)15)17(19)20/h4,6,8H,9H2,1-3H3,(H,16,18). The van der Waals surface area contributed by atoms with E-state index in [1.54, 1.807) is 20.8 Å². The second-order valence-electron chi connectivity index (χ2n) is 5.05. The highest BCUT2D eigenvalue weighted by Gasteiger charge is 2.16. The van der Waals surface area contributed by atoms with Crippen molar-refractivity contribution in [2.45, 2.75) is 26.4 Å². The molecule has 6 nitrogen and oxygen atoms in total. The maximum Gasteiger partial charge on any atom is 0.408 e. The lowest BCUT2D eigenvalue weighted by molar-refractivity contribution is -0.387. The van der Waals surface area contributed by atoms with Gasteiger partial charge in [-0.1, -0.05) is 17.9 Å². The van der Waals surface area contributed by atoms with Crippen LogP contribution in [0, 0.1) is 27.8 Å². The van der Waals surface area contributed by atoms with Crippen molar-refractivity contribution < 1.29 is 18.8 Å². The molecule has 1 aromatic rings. The van der Waals surface area contributed by atoms with Gasteiger partial charge in [-0.15, -0.1) is 0 Å². The number of benzene rings is 1. The fraction of sp³-hybridized carbons (Fsp3) is 0.357. The van der Waals surface area contributed by atoms with Gasteiger partial charge in [0.05, 0.1) is 17.0 Å². The van der Waals surface area contributed by atoms with Crippen molar-refractivity contribution in [2.75, 3.05) is 6.54 Å². The normalized spacial score (nSPS) is 10.3. The first kappa shape index (κ1) is 16.4. The molecule has 1 aromatic carbocycles. The van der Waals surface area contributed by atoms with Crippen LogP contribution in [-0.2, 0) is 4.74 Å². The minimum Gasteiger partial charge on any atom is -0.444 e. The molecule has 1 N–H and O–H groups in total. The fourth-order valence-corrected chi connectivity index (χ4v) is 1.33. The average Bonchev–Trinajstić information content (AvgIpc) is 2.33. The second kappa shape index (κ2) is 6.70. The van der Waals surface area contributed by atoms with Gasteiger partial charge in [0.1, 0.15) is 5.60 Å². The minimum atomic E-state index is -0.993. The Morgan fingerprint density at radius 3 is 2.71 bits per heavy atom. The molecule has 7 heteroatoms. The Kier molecular flexibility index (Phi) is 5.24. The third-order valence-corrected chi connectivity index (χ3v) is 2.12. The van der Waals surface area contributed by atoms with E-state index in [4.69, 9.17) is 4.74 Å². The molecule has 0 heterocycles. The first-order chi connectivity index (χ1) is 9.70. The van der Waals surface area contributed by atoms with Gasteiger partial charge in [0.15, 0.2) is 0 Å². The molecule has 0 spiro atoms. The SMILES string of the molecule is CC(C)(C)OC(=O)NCC#Cc1cccc([N+](=O)[O-])c1F. The summed E-state index contributed by atoms with van der Waals surface area (Å²) < 4.78 is 18.7. The van der Waals surface area contributed by atoms with Crippen LogP contribution in [0.5, 0.6) is 0 Å². The van der Waals surface area contributed by atoms with Crippen LogP contribution in [0.15, 0.2) is 18.2 Å². The molecule has 21 heavy (non-hydrogen) atoms. The van der Waals surface area contributed by atoms with Crippen molar-refractivity contribution >= 4 is 11.8 Å². The van der Waals surface area contributed by atoms with Crippen molar-refractivity contribution in [1.29, 1.82) is 0 Å². The van der Waals surface area contributed by atoms with E-state index in [0.29, 0.717) is 0 Å². The zero-order valence-electron chi connectivity index (χ0n) is 11.9. The molecule has 112 valence electrons. The molecule has 0 radical (unpaired) electrons. The van der Waals surface area contributed by atoms with Crippen LogP contribution in [0.25, 0.3) is 0 Å². The summed E-state index contributed by atoms with van der Waals surface area (Å²) in [6.07, 6.45) is -0.642. The highest BCUT2D eigenvalue weighted by Crippen LogP contribution is 2.19. The number of carbonyl (C=O) groups is 1. The minimum absolute atomic E-state index is 0.0585. The number of amides is 1. The lowest BCUT2D eigenvalue weighted by Gasteiger charge is -2.18. The number of alkyl carbamates (subject to hydrolysis) is 1. The zero-order chi connectivity index (χ0) is 16.0. The lowest BCUT2D eigenvalue weighted by atomic mass is 10.2. The number of carbonyl (C=O) groups excluding carboxylic acids is 1. The van der Waals surface area contributed by atoms with E-state index >= 15 is 0 Å². The molecule has 0 bridgehead atoms. The summed E-state index contributed by atoms with van der Waals surface area (Å²) in [5.74, 6) is 3.93. The van der Waals surface area contributed by atoms with E-state index < -0.39 is 28.1 Å². The number of nitro groups is 1. The predicted octanol–water partition coefficient (Wildman–Crippen LogP) is 2.61. The summed E-state index contributed by atoms with van der Waals surface area (Å²) in [5.41, 5.74) is -1.36. The van der Waals surface area contributed by atoms with Crippen molar-refractivity contribution in [3.8, 4) is 11.8 Å². The number of hydrogen-bond donors (Lipinski definition) is 1. The Labute approximate surface area is 121 Å². The van der Waals surface area contributed by atoms with Gasteiger partial charge in [0.25, 0.3) is 0 Å². The lowest BCUT2D eigenvalue weighted by Crippen LogP contribution is -2.32. The molecule has 0 aromatic heterocycles. The van der Waals surface area contributed by atoms with Crippen LogP contribution in [0.4, 0.5) is 14.9 Å². The smallest absolute Gasteiger partial charge is 0.408 e. The molecule has 0 aliphatic heterocycles. The molecule has 0 unspecified atom stereocenters. The Hall–Kier alpha value is -2.62. The zero-order valence-corrected chi connectivity index (χ0v) is 11.9. The third kappa shape index (κ3) is 5.48. The third-order valence-electron chi connectivity index (χ3n) is 2.12. The fourth-order valence-electron chi connectivity index (χ4n) is 1.33. The Bertz CT molecular complexity index is 612. The Morgan fingerprint density at radius 2 is 2.14 bits per heavy atom. The molecular formula is C14H15FN2O4. The monoisotopic (exact) mass is 294 g/mol. The van der Waals surface area contributed by atoms with Crippen molar-refractivity contribution in [1.82, 2.24) is 5.32 Å². The number of hydrogen-bond acceptors (Lipinski definition) is 4. The maximum atomic E-state index is 13.7. The Balaban J connectivity index is 2.66. The van der Waals surface area contributed by atoms with E-state index in [0.717, 1.165) is 6.07 Å². The topological polar surface area (TPSA) is 81.5 Å². The largest absolute Gasteiger partial charge is 0.444 e. The van der Waals surface area contributed by atoms with E-state index in [1.807, 2.05) is 0 Å². The van der Waals surface area contributed by atoms with Crippen molar-refractivity contribution in [3.05, 3.63) is 39.7 Å². The molecular weight excluding hydrogens is 279 g/mol. The van der Waals surface area contributed by atoms with E-state index in [-0.39, 0.29) is 12.1 Å². The van der Waals surface area contributed by atoms with Gasteiger partial charge in [-0.25, -0.2) is 4.79 Å². The first-order valence-corrected chi connectivity index (χ1v) is 6.09. The average molecular weight is 294 g/mol. The maximum absolute atomic E-state index is 13.7. The number of halogens is 1. The number of ether oxygens (including phenoxy) is 1. The van der Waals surface area contributed by atoms with Gasteiger partial charge in [-0.2, -0.15) is 4.39 Å². The summed E-state index contributed by atoms with van der Waals surface area (Å²) in [6.45, 7) is 5.10. The summed E-state index contributed by atoms with van der Waals surface area (Å²) in [4.78, 5) is 21.1. The molecule has 1 amide bonds. The summed E-state index contributed by atoms with van der Waals surface area (Å²) in [7, 11) is 0. The van der Waals surface area contributed by atoms with Crippen LogP contribution in [0.3, 0.4) is 0 Å².